The van der Waals surface area contributed by atoms with Gasteiger partial charge in [-0.3, -0.25) is 19.8 Å². The minimum absolute atomic E-state index is 0.0606. The van der Waals surface area contributed by atoms with Crippen LogP contribution in [0.5, 0.6) is 11.5 Å². The van der Waals surface area contributed by atoms with E-state index in [-0.39, 0.29) is 22.0 Å². The summed E-state index contributed by atoms with van der Waals surface area (Å²) in [6.07, 6.45) is 1.19. The lowest BCUT2D eigenvalue weighted by Crippen LogP contribution is -2.54. The van der Waals surface area contributed by atoms with Gasteiger partial charge in [-0.05, 0) is 48.6 Å². The van der Waals surface area contributed by atoms with Crippen LogP contribution in [0.15, 0.2) is 48.0 Å². The second kappa shape index (κ2) is 6.54. The molecule has 0 aromatic heterocycles. The molecule has 3 N–H and O–H groups in total. The highest BCUT2D eigenvalue weighted by atomic mass is 35.5. The van der Waals surface area contributed by atoms with Gasteiger partial charge in [-0.2, -0.15) is 0 Å². The summed E-state index contributed by atoms with van der Waals surface area (Å²) < 4.78 is 0. The van der Waals surface area contributed by atoms with Crippen molar-refractivity contribution in [2.45, 2.75) is 0 Å². The fourth-order valence-electron chi connectivity index (χ4n) is 2.30. The van der Waals surface area contributed by atoms with Crippen molar-refractivity contribution in [3.8, 4) is 11.5 Å². The maximum atomic E-state index is 12.8. The number of carbonyl (C=O) groups is 2. The van der Waals surface area contributed by atoms with Crippen molar-refractivity contribution in [3.63, 3.8) is 0 Å². The summed E-state index contributed by atoms with van der Waals surface area (Å²) in [5.74, 6) is -2.13. The van der Waals surface area contributed by atoms with Crippen molar-refractivity contribution in [2.24, 2.45) is 0 Å². The van der Waals surface area contributed by atoms with Gasteiger partial charge in [0.05, 0.1) is 5.69 Å². The Balaban J connectivity index is 2.05. The van der Waals surface area contributed by atoms with Crippen LogP contribution in [0.25, 0.3) is 6.08 Å². The Morgan fingerprint density at radius 2 is 1.76 bits per heavy atom. The van der Waals surface area contributed by atoms with E-state index < -0.39 is 17.6 Å². The van der Waals surface area contributed by atoms with Crippen LogP contribution in [0.2, 0.25) is 5.02 Å². The van der Waals surface area contributed by atoms with Crippen LogP contribution >= 0.6 is 23.8 Å². The summed E-state index contributed by atoms with van der Waals surface area (Å²) in [5, 5.41) is 22.3. The molecule has 3 rings (SSSR count). The largest absolute Gasteiger partial charge is 0.504 e. The molecule has 126 valence electrons. The Morgan fingerprint density at radius 3 is 2.44 bits per heavy atom. The van der Waals surface area contributed by atoms with Gasteiger partial charge in [0.25, 0.3) is 11.8 Å². The number of hydrogen-bond donors (Lipinski definition) is 3. The molecule has 1 saturated heterocycles. The molecular formula is C17H11ClN2O4S. The Hall–Kier alpha value is -2.90. The predicted molar refractivity (Wildman–Crippen MR) is 97.4 cm³/mol. The minimum Gasteiger partial charge on any atom is -0.504 e. The molecule has 0 aliphatic carbocycles. The fourth-order valence-corrected chi connectivity index (χ4v) is 2.71. The maximum absolute atomic E-state index is 12.8. The van der Waals surface area contributed by atoms with Crippen molar-refractivity contribution in [1.29, 1.82) is 0 Å². The second-order valence-electron chi connectivity index (χ2n) is 5.15. The number of thiocarbonyl (C=S) groups is 1. The van der Waals surface area contributed by atoms with Gasteiger partial charge in [0.1, 0.15) is 5.57 Å². The molecule has 1 heterocycles. The Morgan fingerprint density at radius 1 is 1.08 bits per heavy atom. The molecule has 0 spiro atoms. The van der Waals surface area contributed by atoms with E-state index in [2.05, 4.69) is 5.32 Å². The quantitative estimate of drug-likeness (QED) is 0.325. The van der Waals surface area contributed by atoms with Crippen molar-refractivity contribution in [3.05, 3.63) is 58.6 Å². The van der Waals surface area contributed by atoms with Crippen LogP contribution in [0, 0.1) is 0 Å². The van der Waals surface area contributed by atoms with Crippen LogP contribution in [-0.4, -0.2) is 27.1 Å². The molecule has 0 atom stereocenters. The number of carbonyl (C=O) groups excluding carboxylic acids is 2. The first kappa shape index (κ1) is 16.9. The topological polar surface area (TPSA) is 89.9 Å². The van der Waals surface area contributed by atoms with Gasteiger partial charge in [-0.1, -0.05) is 23.7 Å². The van der Waals surface area contributed by atoms with Gasteiger partial charge >= 0.3 is 0 Å². The zero-order valence-electron chi connectivity index (χ0n) is 12.6. The first-order valence-corrected chi connectivity index (χ1v) is 7.85. The molecule has 2 aromatic carbocycles. The molecule has 0 bridgehead atoms. The van der Waals surface area contributed by atoms with E-state index in [4.69, 9.17) is 23.8 Å². The number of halogens is 1. The van der Waals surface area contributed by atoms with E-state index in [0.717, 1.165) is 4.90 Å². The van der Waals surface area contributed by atoms with Crippen LogP contribution in [-0.2, 0) is 9.59 Å². The smallest absolute Gasteiger partial charge is 0.270 e. The molecule has 25 heavy (non-hydrogen) atoms. The van der Waals surface area contributed by atoms with E-state index in [1.165, 1.54) is 24.3 Å². The van der Waals surface area contributed by atoms with E-state index in [0.29, 0.717) is 10.7 Å². The molecule has 6 nitrogen and oxygen atoms in total. The molecule has 8 heteroatoms. The number of rotatable bonds is 2. The number of aromatic hydroxyl groups is 2. The Bertz CT molecular complexity index is 925. The number of para-hydroxylation sites is 1. The number of phenolic OH excluding ortho intramolecular Hbond substituents is 2. The monoisotopic (exact) mass is 374 g/mol. The number of nitrogens with one attached hydrogen (secondary N) is 1. The Labute approximate surface area is 153 Å². The lowest BCUT2D eigenvalue weighted by molar-refractivity contribution is -0.122. The number of hydrogen-bond acceptors (Lipinski definition) is 5. The van der Waals surface area contributed by atoms with Crippen LogP contribution < -0.4 is 10.2 Å². The number of phenols is 2. The standard InChI is InChI=1S/C17H11ClN2O4S/c18-10-4-6-11(7-5-10)20-16(24)12(15(23)19-17(20)25)8-9-2-1-3-13(21)14(9)22/h1-8,21-22H,(H,19,23,25). The summed E-state index contributed by atoms with van der Waals surface area (Å²) in [6, 6.07) is 10.6. The van der Waals surface area contributed by atoms with Gasteiger partial charge in [-0.15, -0.1) is 0 Å². The number of anilines is 1. The van der Waals surface area contributed by atoms with E-state index in [9.17, 15) is 19.8 Å². The third-order valence-electron chi connectivity index (χ3n) is 3.53. The van der Waals surface area contributed by atoms with Gasteiger partial charge < -0.3 is 10.2 Å². The molecule has 0 radical (unpaired) electrons. The van der Waals surface area contributed by atoms with Crippen LogP contribution in [0.3, 0.4) is 0 Å². The molecule has 0 unspecified atom stereocenters. The van der Waals surface area contributed by atoms with E-state index in [1.54, 1.807) is 24.3 Å². The van der Waals surface area contributed by atoms with Crippen molar-refractivity contribution >= 4 is 52.5 Å². The average Bonchev–Trinajstić information content (AvgIpc) is 2.56. The lowest BCUT2D eigenvalue weighted by Gasteiger charge is -2.29. The molecular weight excluding hydrogens is 364 g/mol. The summed E-state index contributed by atoms with van der Waals surface area (Å²) in [6.45, 7) is 0. The van der Waals surface area contributed by atoms with Gasteiger partial charge in [0.15, 0.2) is 16.6 Å². The third kappa shape index (κ3) is 3.19. The average molecular weight is 375 g/mol. The molecule has 1 aliphatic heterocycles. The molecule has 1 fully saturated rings. The highest BCUT2D eigenvalue weighted by Crippen LogP contribution is 2.31. The van der Waals surface area contributed by atoms with Crippen LogP contribution in [0.4, 0.5) is 5.69 Å². The summed E-state index contributed by atoms with van der Waals surface area (Å²) >= 11 is 10.9. The Kier molecular flexibility index (Phi) is 4.43. The first-order chi connectivity index (χ1) is 11.9. The SMILES string of the molecule is O=C1NC(=S)N(c2ccc(Cl)cc2)C(=O)C1=Cc1cccc(O)c1O. The van der Waals surface area contributed by atoms with Gasteiger partial charge in [-0.25, -0.2) is 0 Å². The lowest BCUT2D eigenvalue weighted by atomic mass is 10.1. The van der Waals surface area contributed by atoms with Crippen molar-refractivity contribution in [1.82, 2.24) is 5.32 Å². The number of nitrogens with zero attached hydrogens (tertiary/aromatic N) is 1. The molecule has 1 aliphatic rings. The zero-order valence-corrected chi connectivity index (χ0v) is 14.1. The highest BCUT2D eigenvalue weighted by Gasteiger charge is 2.34. The van der Waals surface area contributed by atoms with E-state index in [1.807, 2.05) is 0 Å². The van der Waals surface area contributed by atoms with Gasteiger partial charge in [0.2, 0.25) is 0 Å². The third-order valence-corrected chi connectivity index (χ3v) is 4.07. The second-order valence-corrected chi connectivity index (χ2v) is 5.97. The van der Waals surface area contributed by atoms with Crippen LogP contribution in [0.1, 0.15) is 5.56 Å². The van der Waals surface area contributed by atoms with Crippen molar-refractivity contribution < 1.29 is 19.8 Å². The fraction of sp³-hybridized carbons (Fsp3) is 0. The predicted octanol–water partition coefficient (Wildman–Crippen LogP) is 2.58. The van der Waals surface area contributed by atoms with E-state index >= 15 is 0 Å². The first-order valence-electron chi connectivity index (χ1n) is 7.06. The zero-order chi connectivity index (χ0) is 18.1. The maximum Gasteiger partial charge on any atom is 0.270 e. The molecule has 2 aromatic rings. The highest BCUT2D eigenvalue weighted by molar-refractivity contribution is 7.80. The normalized spacial score (nSPS) is 16.3. The summed E-state index contributed by atoms with van der Waals surface area (Å²) in [7, 11) is 0. The van der Waals surface area contributed by atoms with Crippen molar-refractivity contribution in [2.75, 3.05) is 4.90 Å². The van der Waals surface area contributed by atoms with Gasteiger partial charge in [0, 0.05) is 10.6 Å². The summed E-state index contributed by atoms with van der Waals surface area (Å²) in [5.41, 5.74) is 0.331. The summed E-state index contributed by atoms with van der Waals surface area (Å²) in [4.78, 5) is 26.1. The molecule has 2 amide bonds. The number of amides is 2. The minimum atomic E-state index is -0.692. The number of benzene rings is 2. The molecule has 0 saturated carbocycles.